The maximum absolute atomic E-state index is 4.62. The Morgan fingerprint density at radius 3 is 3.00 bits per heavy atom. The average Bonchev–Trinajstić information content (AvgIpc) is 2.39. The number of hydrogen-bond acceptors (Lipinski definition) is 3. The molecule has 1 aromatic rings. The third-order valence-corrected chi connectivity index (χ3v) is 4.21. The van der Waals surface area contributed by atoms with E-state index < -0.39 is 0 Å². The zero-order valence-corrected chi connectivity index (χ0v) is 13.5. The van der Waals surface area contributed by atoms with Gasteiger partial charge in [-0.2, -0.15) is 0 Å². The maximum atomic E-state index is 4.62. The van der Waals surface area contributed by atoms with Crippen molar-refractivity contribution in [3.05, 3.63) is 22.3 Å². The zero-order chi connectivity index (χ0) is 13.7. The number of nitrogens with one attached hydrogen (secondary N) is 1. The van der Waals surface area contributed by atoms with E-state index in [0.717, 1.165) is 42.3 Å². The van der Waals surface area contributed by atoms with Gasteiger partial charge >= 0.3 is 0 Å². The first-order chi connectivity index (χ1) is 9.20. The van der Waals surface area contributed by atoms with Crippen LogP contribution in [-0.2, 0) is 0 Å². The summed E-state index contributed by atoms with van der Waals surface area (Å²) in [6.07, 6.45) is 5.74. The quantitative estimate of drug-likeness (QED) is 0.899. The SMILES string of the molecule is CCCN(CC1CCCNC1)c1ncc(C)cc1Br. The van der Waals surface area contributed by atoms with Crippen molar-refractivity contribution in [1.29, 1.82) is 0 Å². The van der Waals surface area contributed by atoms with Crippen molar-refractivity contribution in [2.24, 2.45) is 5.92 Å². The molecule has 0 radical (unpaired) electrons. The highest BCUT2D eigenvalue weighted by atomic mass is 79.9. The topological polar surface area (TPSA) is 28.2 Å². The molecular formula is C15H24BrN3. The molecule has 1 N–H and O–H groups in total. The fourth-order valence-corrected chi connectivity index (χ4v) is 3.42. The van der Waals surface area contributed by atoms with Crippen LogP contribution >= 0.6 is 15.9 Å². The fraction of sp³-hybridized carbons (Fsp3) is 0.667. The second kappa shape index (κ2) is 7.25. The van der Waals surface area contributed by atoms with Gasteiger partial charge in [-0.3, -0.25) is 0 Å². The van der Waals surface area contributed by atoms with Crippen LogP contribution in [0.1, 0.15) is 31.7 Å². The number of anilines is 1. The van der Waals surface area contributed by atoms with Crippen molar-refractivity contribution in [3.8, 4) is 0 Å². The minimum absolute atomic E-state index is 0.746. The standard InChI is InChI=1S/C15H24BrN3/c1-3-7-19(11-13-5-4-6-17-10-13)15-14(16)8-12(2)9-18-15/h8-9,13,17H,3-7,10-11H2,1-2H3. The first-order valence-electron chi connectivity index (χ1n) is 7.28. The van der Waals surface area contributed by atoms with Gasteiger partial charge in [-0.1, -0.05) is 6.92 Å². The van der Waals surface area contributed by atoms with Crippen LogP contribution in [0, 0.1) is 12.8 Å². The summed E-state index contributed by atoms with van der Waals surface area (Å²) in [6, 6.07) is 2.16. The van der Waals surface area contributed by atoms with Crippen LogP contribution in [0.3, 0.4) is 0 Å². The lowest BCUT2D eigenvalue weighted by atomic mass is 9.99. The van der Waals surface area contributed by atoms with Crippen LogP contribution in [-0.4, -0.2) is 31.2 Å². The lowest BCUT2D eigenvalue weighted by molar-refractivity contribution is 0.376. The Hall–Kier alpha value is -0.610. The van der Waals surface area contributed by atoms with Crippen molar-refractivity contribution in [1.82, 2.24) is 10.3 Å². The first-order valence-corrected chi connectivity index (χ1v) is 8.07. The van der Waals surface area contributed by atoms with E-state index in [2.05, 4.69) is 51.0 Å². The van der Waals surface area contributed by atoms with E-state index >= 15 is 0 Å². The zero-order valence-electron chi connectivity index (χ0n) is 12.0. The molecule has 3 nitrogen and oxygen atoms in total. The molecule has 2 rings (SSSR count). The molecule has 0 amide bonds. The molecule has 0 aromatic carbocycles. The number of aryl methyl sites for hydroxylation is 1. The highest BCUT2D eigenvalue weighted by Crippen LogP contribution is 2.26. The van der Waals surface area contributed by atoms with Crippen LogP contribution in [0.4, 0.5) is 5.82 Å². The minimum atomic E-state index is 0.746. The lowest BCUT2D eigenvalue weighted by Crippen LogP contribution is -2.39. The number of pyridine rings is 1. The summed E-state index contributed by atoms with van der Waals surface area (Å²) in [5.74, 6) is 1.84. The molecule has 1 aliphatic heterocycles. The van der Waals surface area contributed by atoms with Gasteiger partial charge in [-0.05, 0) is 72.8 Å². The van der Waals surface area contributed by atoms with Gasteiger partial charge in [0.05, 0.1) is 4.47 Å². The predicted molar refractivity (Wildman–Crippen MR) is 84.8 cm³/mol. The monoisotopic (exact) mass is 325 g/mol. The molecule has 19 heavy (non-hydrogen) atoms. The summed E-state index contributed by atoms with van der Waals surface area (Å²) in [7, 11) is 0. The molecule has 0 aliphatic carbocycles. The molecule has 1 fully saturated rings. The van der Waals surface area contributed by atoms with Gasteiger partial charge in [0, 0.05) is 19.3 Å². The summed E-state index contributed by atoms with van der Waals surface area (Å²) in [5.41, 5.74) is 1.20. The van der Waals surface area contributed by atoms with E-state index in [4.69, 9.17) is 0 Å². The number of nitrogens with zero attached hydrogens (tertiary/aromatic N) is 2. The summed E-state index contributed by atoms with van der Waals surface area (Å²) < 4.78 is 1.12. The molecule has 0 spiro atoms. The first kappa shape index (κ1) is 14.8. The van der Waals surface area contributed by atoms with Gasteiger partial charge in [0.25, 0.3) is 0 Å². The van der Waals surface area contributed by atoms with Crippen molar-refractivity contribution < 1.29 is 0 Å². The Morgan fingerprint density at radius 1 is 1.53 bits per heavy atom. The smallest absolute Gasteiger partial charge is 0.142 e. The van der Waals surface area contributed by atoms with E-state index in [1.54, 1.807) is 0 Å². The Bertz CT molecular complexity index is 402. The molecule has 1 aliphatic rings. The second-order valence-corrected chi connectivity index (χ2v) is 6.33. The third kappa shape index (κ3) is 4.18. The molecule has 1 unspecified atom stereocenters. The van der Waals surface area contributed by atoms with Crippen molar-refractivity contribution >= 4 is 21.7 Å². The summed E-state index contributed by atoms with van der Waals surface area (Å²) >= 11 is 3.66. The van der Waals surface area contributed by atoms with Crippen LogP contribution < -0.4 is 10.2 Å². The Labute approximate surface area is 124 Å². The van der Waals surface area contributed by atoms with Crippen LogP contribution in [0.25, 0.3) is 0 Å². The number of piperidine rings is 1. The normalized spacial score (nSPS) is 19.4. The van der Waals surface area contributed by atoms with Gasteiger partial charge in [-0.25, -0.2) is 4.98 Å². The summed E-state index contributed by atoms with van der Waals surface area (Å²) in [5, 5.41) is 3.50. The molecule has 106 valence electrons. The lowest BCUT2D eigenvalue weighted by Gasteiger charge is -2.31. The van der Waals surface area contributed by atoms with Crippen LogP contribution in [0.5, 0.6) is 0 Å². The van der Waals surface area contributed by atoms with Crippen LogP contribution in [0.15, 0.2) is 16.7 Å². The van der Waals surface area contributed by atoms with E-state index in [1.807, 2.05) is 6.20 Å². The van der Waals surface area contributed by atoms with Crippen molar-refractivity contribution in [2.75, 3.05) is 31.1 Å². The molecule has 4 heteroatoms. The Balaban J connectivity index is 2.09. The van der Waals surface area contributed by atoms with Gasteiger partial charge in [0.2, 0.25) is 0 Å². The highest BCUT2D eigenvalue weighted by molar-refractivity contribution is 9.10. The van der Waals surface area contributed by atoms with Crippen molar-refractivity contribution in [2.45, 2.75) is 33.1 Å². The largest absolute Gasteiger partial charge is 0.355 e. The number of rotatable bonds is 5. The molecule has 0 saturated carbocycles. The minimum Gasteiger partial charge on any atom is -0.355 e. The molecule has 1 aromatic heterocycles. The van der Waals surface area contributed by atoms with Gasteiger partial charge in [0.1, 0.15) is 5.82 Å². The van der Waals surface area contributed by atoms with E-state index in [-0.39, 0.29) is 0 Å². The molecule has 0 bridgehead atoms. The number of hydrogen-bond donors (Lipinski definition) is 1. The number of aromatic nitrogens is 1. The van der Waals surface area contributed by atoms with E-state index in [9.17, 15) is 0 Å². The Kier molecular flexibility index (Phi) is 5.64. The van der Waals surface area contributed by atoms with Gasteiger partial charge < -0.3 is 10.2 Å². The Morgan fingerprint density at radius 2 is 2.37 bits per heavy atom. The number of halogens is 1. The molecule has 1 saturated heterocycles. The van der Waals surface area contributed by atoms with E-state index in [0.29, 0.717) is 0 Å². The molecule has 2 heterocycles. The molecule has 1 atom stereocenters. The fourth-order valence-electron chi connectivity index (χ4n) is 2.70. The highest BCUT2D eigenvalue weighted by Gasteiger charge is 2.19. The third-order valence-electron chi connectivity index (χ3n) is 3.63. The average molecular weight is 326 g/mol. The maximum Gasteiger partial charge on any atom is 0.142 e. The van der Waals surface area contributed by atoms with Gasteiger partial charge in [-0.15, -0.1) is 0 Å². The summed E-state index contributed by atoms with van der Waals surface area (Å²) in [6.45, 7) is 8.81. The van der Waals surface area contributed by atoms with Gasteiger partial charge in [0.15, 0.2) is 0 Å². The van der Waals surface area contributed by atoms with Crippen LogP contribution in [0.2, 0.25) is 0 Å². The van der Waals surface area contributed by atoms with Crippen molar-refractivity contribution in [3.63, 3.8) is 0 Å². The van der Waals surface area contributed by atoms with E-state index in [1.165, 1.54) is 24.9 Å². The predicted octanol–water partition coefficient (Wildman–Crippen LogP) is 3.37. The molecular weight excluding hydrogens is 302 g/mol. The second-order valence-electron chi connectivity index (χ2n) is 5.48. The summed E-state index contributed by atoms with van der Waals surface area (Å²) in [4.78, 5) is 7.05.